The third-order valence-corrected chi connectivity index (χ3v) is 3.78. The molecule has 0 fully saturated rings. The number of benzene rings is 1. The lowest BCUT2D eigenvalue weighted by Crippen LogP contribution is -2.40. The Morgan fingerprint density at radius 1 is 1.39 bits per heavy atom. The van der Waals surface area contributed by atoms with Crippen molar-refractivity contribution in [2.24, 2.45) is 0 Å². The number of rotatable bonds is 3. The second kappa shape index (κ2) is 4.97. The van der Waals surface area contributed by atoms with Crippen LogP contribution in [0.3, 0.4) is 0 Å². The van der Waals surface area contributed by atoms with Gasteiger partial charge in [-0.15, -0.1) is 0 Å². The molecule has 1 aliphatic rings. The molecule has 96 valence electrons. The van der Waals surface area contributed by atoms with Crippen LogP contribution in [0, 0.1) is 0 Å². The molecule has 1 atom stereocenters. The van der Waals surface area contributed by atoms with Gasteiger partial charge in [-0.2, -0.15) is 0 Å². The van der Waals surface area contributed by atoms with E-state index in [4.69, 9.17) is 4.74 Å². The van der Waals surface area contributed by atoms with E-state index >= 15 is 0 Å². The molecule has 0 N–H and O–H groups in total. The van der Waals surface area contributed by atoms with Crippen LogP contribution in [0.5, 0.6) is 0 Å². The van der Waals surface area contributed by atoms with Crippen molar-refractivity contribution in [2.75, 3.05) is 0 Å². The Balaban J connectivity index is 2.21. The van der Waals surface area contributed by atoms with Crippen molar-refractivity contribution in [1.82, 2.24) is 0 Å². The molecule has 0 saturated heterocycles. The maximum atomic E-state index is 11.8. The number of aryl methyl sites for hydroxylation is 1. The van der Waals surface area contributed by atoms with Gasteiger partial charge in [0.05, 0.1) is 0 Å². The molecule has 0 amide bonds. The maximum absolute atomic E-state index is 11.8. The lowest BCUT2D eigenvalue weighted by molar-refractivity contribution is -0.156. The average Bonchev–Trinajstić information content (AvgIpc) is 2.38. The zero-order valence-electron chi connectivity index (χ0n) is 11.2. The van der Waals surface area contributed by atoms with Gasteiger partial charge in [-0.05, 0) is 37.3 Å². The lowest BCUT2D eigenvalue weighted by Gasteiger charge is -2.37. The molecule has 0 aliphatic heterocycles. The molecule has 0 aromatic heterocycles. The number of hydrogen-bond donors (Lipinski definition) is 0. The van der Waals surface area contributed by atoms with Gasteiger partial charge in [0.15, 0.2) is 0 Å². The molecule has 0 bridgehead atoms. The Labute approximate surface area is 109 Å². The summed E-state index contributed by atoms with van der Waals surface area (Å²) in [5.74, 6) is -0.267. The standard InChI is InChI=1S/C16H20O2/c1-4-16(18-15(17)12(2)3)10-9-13-7-5-6-8-14(13)11-16/h5-8H,2,4,9-11H2,1,3H3. The van der Waals surface area contributed by atoms with Gasteiger partial charge in [0.1, 0.15) is 5.60 Å². The van der Waals surface area contributed by atoms with Crippen LogP contribution in [0.1, 0.15) is 37.8 Å². The van der Waals surface area contributed by atoms with E-state index in [1.807, 2.05) is 6.07 Å². The molecule has 2 nitrogen and oxygen atoms in total. The molecule has 1 aliphatic carbocycles. The van der Waals surface area contributed by atoms with Crippen molar-refractivity contribution < 1.29 is 9.53 Å². The second-order valence-corrected chi connectivity index (χ2v) is 5.15. The molecular weight excluding hydrogens is 224 g/mol. The number of carbonyl (C=O) groups is 1. The highest BCUT2D eigenvalue weighted by molar-refractivity contribution is 5.87. The lowest BCUT2D eigenvalue weighted by atomic mass is 9.79. The quantitative estimate of drug-likeness (QED) is 0.601. The molecule has 2 heteroatoms. The summed E-state index contributed by atoms with van der Waals surface area (Å²) in [6.07, 6.45) is 3.55. The van der Waals surface area contributed by atoms with Crippen LogP contribution in [-0.2, 0) is 22.4 Å². The number of esters is 1. The summed E-state index contributed by atoms with van der Waals surface area (Å²) in [5.41, 5.74) is 2.82. The van der Waals surface area contributed by atoms with Crippen LogP contribution in [0.2, 0.25) is 0 Å². The van der Waals surface area contributed by atoms with Crippen LogP contribution < -0.4 is 0 Å². The zero-order valence-corrected chi connectivity index (χ0v) is 11.2. The summed E-state index contributed by atoms with van der Waals surface area (Å²) in [4.78, 5) is 11.8. The summed E-state index contributed by atoms with van der Waals surface area (Å²) in [6.45, 7) is 7.44. The van der Waals surface area contributed by atoms with Crippen LogP contribution in [0.15, 0.2) is 36.4 Å². The van der Waals surface area contributed by atoms with Crippen LogP contribution in [-0.4, -0.2) is 11.6 Å². The number of hydrogen-bond acceptors (Lipinski definition) is 2. The van der Waals surface area contributed by atoms with Gasteiger partial charge in [-0.1, -0.05) is 37.8 Å². The summed E-state index contributed by atoms with van der Waals surface area (Å²) >= 11 is 0. The first-order valence-electron chi connectivity index (χ1n) is 6.52. The Hall–Kier alpha value is -1.57. The van der Waals surface area contributed by atoms with E-state index in [1.165, 1.54) is 11.1 Å². The van der Waals surface area contributed by atoms with Crippen LogP contribution >= 0.6 is 0 Å². The minimum absolute atomic E-state index is 0.267. The van der Waals surface area contributed by atoms with Gasteiger partial charge in [-0.25, -0.2) is 4.79 Å². The van der Waals surface area contributed by atoms with Crippen molar-refractivity contribution in [3.05, 3.63) is 47.5 Å². The third-order valence-electron chi connectivity index (χ3n) is 3.78. The topological polar surface area (TPSA) is 26.3 Å². The van der Waals surface area contributed by atoms with E-state index in [-0.39, 0.29) is 11.6 Å². The number of ether oxygens (including phenoxy) is 1. The molecule has 1 aromatic rings. The highest BCUT2D eigenvalue weighted by Crippen LogP contribution is 2.34. The normalized spacial score (nSPS) is 22.1. The Kier molecular flexibility index (Phi) is 3.55. The average molecular weight is 244 g/mol. The molecule has 18 heavy (non-hydrogen) atoms. The SMILES string of the molecule is C=C(C)C(=O)OC1(CC)CCc2ccccc2C1. The predicted octanol–water partition coefficient (Wildman–Crippen LogP) is 3.44. The van der Waals surface area contributed by atoms with Gasteiger partial charge in [-0.3, -0.25) is 0 Å². The Morgan fingerprint density at radius 3 is 2.67 bits per heavy atom. The molecule has 0 spiro atoms. The highest BCUT2D eigenvalue weighted by atomic mass is 16.6. The van der Waals surface area contributed by atoms with Gasteiger partial charge in [0.25, 0.3) is 0 Å². The fraction of sp³-hybridized carbons (Fsp3) is 0.438. The smallest absolute Gasteiger partial charge is 0.333 e. The van der Waals surface area contributed by atoms with Crippen LogP contribution in [0.4, 0.5) is 0 Å². The van der Waals surface area contributed by atoms with Crippen molar-refractivity contribution in [3.8, 4) is 0 Å². The fourth-order valence-corrected chi connectivity index (χ4v) is 2.52. The first kappa shape index (κ1) is 12.9. The van der Waals surface area contributed by atoms with Crippen molar-refractivity contribution >= 4 is 5.97 Å². The first-order valence-corrected chi connectivity index (χ1v) is 6.52. The molecule has 1 unspecified atom stereocenters. The molecule has 1 aromatic carbocycles. The fourth-order valence-electron chi connectivity index (χ4n) is 2.52. The summed E-state index contributed by atoms with van der Waals surface area (Å²) in [5, 5.41) is 0. The van der Waals surface area contributed by atoms with Crippen molar-refractivity contribution in [2.45, 2.75) is 45.1 Å². The van der Waals surface area contributed by atoms with Gasteiger partial charge >= 0.3 is 5.97 Å². The zero-order chi connectivity index (χ0) is 13.2. The highest BCUT2D eigenvalue weighted by Gasteiger charge is 2.36. The second-order valence-electron chi connectivity index (χ2n) is 5.15. The van der Waals surface area contributed by atoms with E-state index in [0.717, 1.165) is 25.7 Å². The minimum Gasteiger partial charge on any atom is -0.455 e. The first-order chi connectivity index (χ1) is 8.56. The van der Waals surface area contributed by atoms with Crippen molar-refractivity contribution in [1.29, 1.82) is 0 Å². The third kappa shape index (κ3) is 2.47. The van der Waals surface area contributed by atoms with Gasteiger partial charge in [0.2, 0.25) is 0 Å². The Bertz CT molecular complexity index is 476. The summed E-state index contributed by atoms with van der Waals surface area (Å²) in [6, 6.07) is 8.41. The largest absolute Gasteiger partial charge is 0.455 e. The van der Waals surface area contributed by atoms with E-state index in [0.29, 0.717) is 5.57 Å². The minimum atomic E-state index is -0.343. The predicted molar refractivity (Wildman–Crippen MR) is 72.4 cm³/mol. The Morgan fingerprint density at radius 2 is 2.06 bits per heavy atom. The van der Waals surface area contributed by atoms with Gasteiger partial charge < -0.3 is 4.74 Å². The number of fused-ring (bicyclic) bond motifs is 1. The summed E-state index contributed by atoms with van der Waals surface area (Å²) in [7, 11) is 0. The van der Waals surface area contributed by atoms with E-state index in [1.54, 1.807) is 6.92 Å². The molecule has 2 rings (SSSR count). The van der Waals surface area contributed by atoms with Gasteiger partial charge in [0, 0.05) is 12.0 Å². The molecule has 0 saturated carbocycles. The van der Waals surface area contributed by atoms with Crippen molar-refractivity contribution in [3.63, 3.8) is 0 Å². The molecular formula is C16H20O2. The molecule has 0 heterocycles. The van der Waals surface area contributed by atoms with E-state index in [2.05, 4.69) is 31.7 Å². The maximum Gasteiger partial charge on any atom is 0.333 e. The molecule has 0 radical (unpaired) electrons. The monoisotopic (exact) mass is 244 g/mol. The number of carbonyl (C=O) groups excluding carboxylic acids is 1. The van der Waals surface area contributed by atoms with E-state index in [9.17, 15) is 4.79 Å². The van der Waals surface area contributed by atoms with Crippen LogP contribution in [0.25, 0.3) is 0 Å². The summed E-state index contributed by atoms with van der Waals surface area (Å²) < 4.78 is 5.71. The van der Waals surface area contributed by atoms with E-state index < -0.39 is 0 Å².